The zero-order chi connectivity index (χ0) is 16.7. The van der Waals surface area contributed by atoms with E-state index >= 15 is 0 Å². The first-order chi connectivity index (χ1) is 11.7. The maximum absolute atomic E-state index is 9.76. The Morgan fingerprint density at radius 3 is 2.67 bits per heavy atom. The molecule has 6 nitrogen and oxygen atoms in total. The van der Waals surface area contributed by atoms with Crippen molar-refractivity contribution in [2.45, 2.75) is 18.3 Å². The summed E-state index contributed by atoms with van der Waals surface area (Å²) in [6.07, 6.45) is 1.72. The van der Waals surface area contributed by atoms with Crippen LogP contribution in [0.5, 0.6) is 5.88 Å². The molecule has 1 fully saturated rings. The number of likely N-dealkylation sites (tertiary alicyclic amines) is 1. The lowest BCUT2D eigenvalue weighted by atomic mass is 9.66. The fraction of sp³-hybridized carbons (Fsp3) is 0.333. The van der Waals surface area contributed by atoms with Crippen LogP contribution in [0.4, 0.5) is 0 Å². The predicted octanol–water partition coefficient (Wildman–Crippen LogP) is 0.709. The van der Waals surface area contributed by atoms with Crippen molar-refractivity contribution in [3.05, 3.63) is 47.4 Å². The molecule has 2 aromatic rings. The average molecular weight is 322 g/mol. The first-order valence-electron chi connectivity index (χ1n) is 8.19. The number of H-pyrrole nitrogens is 1. The quantitative estimate of drug-likeness (QED) is 0.721. The molecule has 6 heteroatoms. The summed E-state index contributed by atoms with van der Waals surface area (Å²) in [5.41, 5.74) is 9.14. The maximum atomic E-state index is 9.76. The molecule has 0 amide bonds. The second-order valence-electron chi connectivity index (χ2n) is 6.64. The molecule has 0 bridgehead atoms. The van der Waals surface area contributed by atoms with Gasteiger partial charge in [0.15, 0.2) is 0 Å². The van der Waals surface area contributed by atoms with E-state index in [2.05, 4.69) is 23.3 Å². The van der Waals surface area contributed by atoms with Crippen molar-refractivity contribution < 1.29 is 9.64 Å². The molecule has 2 aliphatic rings. The smallest absolute Gasteiger partial charge is 0.244 e. The van der Waals surface area contributed by atoms with Crippen LogP contribution in [0, 0.1) is 11.3 Å². The average Bonchev–Trinajstić information content (AvgIpc) is 3.03. The number of fused-ring (bicyclic) bond motifs is 2. The summed E-state index contributed by atoms with van der Waals surface area (Å²) >= 11 is 0. The molecule has 3 heterocycles. The van der Waals surface area contributed by atoms with Crippen molar-refractivity contribution >= 4 is 0 Å². The van der Waals surface area contributed by atoms with E-state index in [-0.39, 0.29) is 5.88 Å². The zero-order valence-electron chi connectivity index (χ0n) is 13.6. The Hall–Kier alpha value is -2.78. The van der Waals surface area contributed by atoms with Gasteiger partial charge >= 0.3 is 0 Å². The van der Waals surface area contributed by atoms with Crippen LogP contribution in [0.15, 0.2) is 41.8 Å². The second-order valence-corrected chi connectivity index (χ2v) is 6.64. The number of ether oxygens (including phenoxy) is 1. The number of hydrogen-bond donors (Lipinski definition) is 3. The molecule has 1 aromatic carbocycles. The third-order valence-corrected chi connectivity index (χ3v) is 5.27. The molecule has 1 aromatic heterocycles. The van der Waals surface area contributed by atoms with Crippen LogP contribution < -0.4 is 15.4 Å². The Morgan fingerprint density at radius 2 is 2.00 bits per heavy atom. The number of nitriles is 1. The Balaban J connectivity index is 1.93. The van der Waals surface area contributed by atoms with Gasteiger partial charge in [-0.25, -0.2) is 0 Å². The number of aromatic nitrogens is 2. The molecule has 24 heavy (non-hydrogen) atoms. The molecule has 0 unspecified atom stereocenters. The maximum Gasteiger partial charge on any atom is 0.244 e. The third kappa shape index (κ3) is 2.02. The summed E-state index contributed by atoms with van der Waals surface area (Å²) in [5.74, 6) is 0.695. The Kier molecular flexibility index (Phi) is 3.32. The van der Waals surface area contributed by atoms with E-state index in [1.807, 2.05) is 30.3 Å². The van der Waals surface area contributed by atoms with E-state index in [1.54, 1.807) is 0 Å². The third-order valence-electron chi connectivity index (χ3n) is 5.27. The number of nitrogens with one attached hydrogen (secondary N) is 2. The highest BCUT2D eigenvalue weighted by atomic mass is 16.5. The molecule has 0 saturated carbocycles. The number of allylic oxidation sites excluding steroid dienone is 1. The number of aromatic amines is 1. The first-order valence-corrected chi connectivity index (χ1v) is 8.19. The van der Waals surface area contributed by atoms with Crippen LogP contribution >= 0.6 is 0 Å². The highest BCUT2D eigenvalue weighted by molar-refractivity contribution is 5.70. The van der Waals surface area contributed by atoms with Gasteiger partial charge in [0.1, 0.15) is 11.6 Å². The molecule has 1 saturated heterocycles. The topological polar surface area (TPSA) is 92.2 Å². The van der Waals surface area contributed by atoms with Crippen LogP contribution in [-0.2, 0) is 5.41 Å². The largest absolute Gasteiger partial charge is 0.420 e. The zero-order valence-corrected chi connectivity index (χ0v) is 13.6. The number of quaternary nitrogens is 1. The van der Waals surface area contributed by atoms with Gasteiger partial charge in [-0.1, -0.05) is 30.3 Å². The van der Waals surface area contributed by atoms with E-state index < -0.39 is 5.41 Å². The summed E-state index contributed by atoms with van der Waals surface area (Å²) in [7, 11) is 2.18. The van der Waals surface area contributed by atoms with Crippen LogP contribution in [0.2, 0.25) is 0 Å². The molecular weight excluding hydrogens is 302 g/mol. The number of rotatable bonds is 1. The van der Waals surface area contributed by atoms with Crippen molar-refractivity contribution in [1.29, 1.82) is 5.26 Å². The second kappa shape index (κ2) is 5.39. The van der Waals surface area contributed by atoms with Gasteiger partial charge < -0.3 is 15.4 Å². The highest BCUT2D eigenvalue weighted by Gasteiger charge is 2.50. The first kappa shape index (κ1) is 14.8. The Morgan fingerprint density at radius 1 is 1.29 bits per heavy atom. The molecule has 4 rings (SSSR count). The van der Waals surface area contributed by atoms with E-state index in [1.165, 1.54) is 4.90 Å². The summed E-state index contributed by atoms with van der Waals surface area (Å²) < 4.78 is 5.68. The van der Waals surface area contributed by atoms with Gasteiger partial charge in [0.2, 0.25) is 11.8 Å². The van der Waals surface area contributed by atoms with E-state index in [9.17, 15) is 5.26 Å². The minimum Gasteiger partial charge on any atom is -0.420 e. The van der Waals surface area contributed by atoms with Gasteiger partial charge in [0, 0.05) is 12.8 Å². The molecule has 4 N–H and O–H groups in total. The molecule has 1 spiro atoms. The summed E-state index contributed by atoms with van der Waals surface area (Å²) in [4.78, 5) is 1.47. The van der Waals surface area contributed by atoms with Crippen molar-refractivity contribution in [3.8, 4) is 23.2 Å². The van der Waals surface area contributed by atoms with Crippen molar-refractivity contribution in [2.24, 2.45) is 5.73 Å². The SMILES string of the molecule is C[NH+]1CCC2(CC1)C(C#N)=C(N)Oc1n[nH]c(-c3ccccc3)c12. The van der Waals surface area contributed by atoms with Gasteiger partial charge in [0.25, 0.3) is 0 Å². The van der Waals surface area contributed by atoms with Gasteiger partial charge in [0.05, 0.1) is 36.8 Å². The molecule has 2 aliphatic heterocycles. The van der Waals surface area contributed by atoms with Crippen LogP contribution in [-0.4, -0.2) is 30.3 Å². The number of benzene rings is 1. The Labute approximate surface area is 140 Å². The lowest BCUT2D eigenvalue weighted by Crippen LogP contribution is -3.10. The fourth-order valence-corrected chi connectivity index (χ4v) is 3.94. The van der Waals surface area contributed by atoms with Gasteiger partial charge in [-0.05, 0) is 5.56 Å². The summed E-state index contributed by atoms with van der Waals surface area (Å²) in [5, 5.41) is 17.2. The van der Waals surface area contributed by atoms with Crippen molar-refractivity contribution in [1.82, 2.24) is 10.2 Å². The summed E-state index contributed by atoms with van der Waals surface area (Å²) in [6, 6.07) is 12.4. The van der Waals surface area contributed by atoms with Crippen LogP contribution in [0.25, 0.3) is 11.3 Å². The fourth-order valence-electron chi connectivity index (χ4n) is 3.94. The Bertz CT molecular complexity index is 838. The molecule has 122 valence electrons. The van der Waals surface area contributed by atoms with Crippen LogP contribution in [0.3, 0.4) is 0 Å². The minimum atomic E-state index is -0.413. The molecular formula is C18H20N5O+. The highest BCUT2D eigenvalue weighted by Crippen LogP contribution is 2.50. The number of hydrogen-bond acceptors (Lipinski definition) is 4. The van der Waals surface area contributed by atoms with E-state index in [0.29, 0.717) is 11.5 Å². The number of piperidine rings is 1. The van der Waals surface area contributed by atoms with Crippen LogP contribution in [0.1, 0.15) is 18.4 Å². The summed E-state index contributed by atoms with van der Waals surface area (Å²) in [6.45, 7) is 1.97. The minimum absolute atomic E-state index is 0.190. The van der Waals surface area contributed by atoms with Gasteiger partial charge in [-0.2, -0.15) is 5.26 Å². The lowest BCUT2D eigenvalue weighted by Gasteiger charge is -2.40. The lowest BCUT2D eigenvalue weighted by molar-refractivity contribution is -0.886. The standard InChI is InChI=1S/C18H19N5O/c1-23-9-7-18(8-10-23)13(11-19)16(20)24-17-14(18)15(21-22-17)12-5-3-2-4-6-12/h2-6H,7-10,20H2,1H3,(H,21,22)/p+1. The molecule has 0 radical (unpaired) electrons. The number of nitrogens with two attached hydrogens (primary N) is 1. The van der Waals surface area contributed by atoms with E-state index in [0.717, 1.165) is 42.8 Å². The molecule has 0 aliphatic carbocycles. The van der Waals surface area contributed by atoms with Crippen molar-refractivity contribution in [2.75, 3.05) is 20.1 Å². The van der Waals surface area contributed by atoms with E-state index in [4.69, 9.17) is 10.5 Å². The molecule has 0 atom stereocenters. The normalized spacial score (nSPS) is 25.9. The monoisotopic (exact) mass is 322 g/mol. The predicted molar refractivity (Wildman–Crippen MR) is 89.0 cm³/mol. The number of nitrogens with zero attached hydrogens (tertiary/aromatic N) is 2. The van der Waals surface area contributed by atoms with Gasteiger partial charge in [-0.3, -0.25) is 5.10 Å². The van der Waals surface area contributed by atoms with Crippen molar-refractivity contribution in [3.63, 3.8) is 0 Å². The van der Waals surface area contributed by atoms with Gasteiger partial charge in [-0.15, -0.1) is 5.10 Å².